The number of amides is 1. The van der Waals surface area contributed by atoms with E-state index < -0.39 is 67.4 Å². The molecule has 6 N–H and O–H groups in total. The first-order chi connectivity index (χ1) is 19.0. The lowest BCUT2D eigenvalue weighted by molar-refractivity contribution is -0.339. The van der Waals surface area contributed by atoms with E-state index in [1.807, 2.05) is 0 Å². The summed E-state index contributed by atoms with van der Waals surface area (Å²) in [5.41, 5.74) is 1.46. The first kappa shape index (κ1) is 29.8. The Morgan fingerprint density at radius 2 is 1.82 bits per heavy atom. The van der Waals surface area contributed by atoms with Crippen LogP contribution in [-0.4, -0.2) is 105 Å². The van der Waals surface area contributed by atoms with Crippen LogP contribution in [0, 0.1) is 11.8 Å². The zero-order valence-corrected chi connectivity index (χ0v) is 22.1. The van der Waals surface area contributed by atoms with Crippen molar-refractivity contribution in [3.63, 3.8) is 0 Å². The number of hydrogen-bond donors (Lipinski definition) is 6. The van der Waals surface area contributed by atoms with Gasteiger partial charge in [-0.3, -0.25) is 4.79 Å². The van der Waals surface area contributed by atoms with Crippen molar-refractivity contribution in [2.45, 2.75) is 62.8 Å². The second-order valence-electron chi connectivity index (χ2n) is 10.1. The number of carbonyl (C=O) groups is 2. The quantitative estimate of drug-likeness (QED) is 0.142. The number of rotatable bonds is 7. The first-order valence-corrected chi connectivity index (χ1v) is 12.9. The Kier molecular flexibility index (Phi) is 9.02. The predicted octanol–water partition coefficient (Wildman–Crippen LogP) is -0.418. The lowest BCUT2D eigenvalue weighted by Crippen LogP contribution is -2.60. The molecule has 0 bridgehead atoms. The third-order valence-corrected chi connectivity index (χ3v) is 7.79. The van der Waals surface area contributed by atoms with Gasteiger partial charge >= 0.3 is 5.97 Å². The Hall–Kier alpha value is -3.20. The Morgan fingerprint density at radius 3 is 2.45 bits per heavy atom. The van der Waals surface area contributed by atoms with Crippen LogP contribution in [-0.2, 0) is 35.0 Å². The average Bonchev–Trinajstić information content (AvgIpc) is 2.93. The maximum absolute atomic E-state index is 12.8. The molecule has 3 heterocycles. The lowest BCUT2D eigenvalue weighted by atomic mass is 9.76. The predicted molar refractivity (Wildman–Crippen MR) is 135 cm³/mol. The number of phenolic OH excluding ortho intramolecular Hbond substituents is 2. The molecule has 4 rings (SSSR count). The van der Waals surface area contributed by atoms with Gasteiger partial charge in [-0.05, 0) is 36.1 Å². The highest BCUT2D eigenvalue weighted by Crippen LogP contribution is 2.45. The number of esters is 1. The van der Waals surface area contributed by atoms with Crippen LogP contribution in [0.15, 0.2) is 36.6 Å². The molecule has 1 saturated heterocycles. The van der Waals surface area contributed by atoms with Gasteiger partial charge in [-0.1, -0.05) is 6.08 Å². The summed E-state index contributed by atoms with van der Waals surface area (Å²) in [6.07, 6.45) is -5.67. The van der Waals surface area contributed by atoms with Crippen LogP contribution in [0.2, 0.25) is 0 Å². The molecule has 1 amide bonds. The Morgan fingerprint density at radius 1 is 1.12 bits per heavy atom. The number of aliphatic hydroxyl groups is 4. The Labute approximate surface area is 230 Å². The zero-order chi connectivity index (χ0) is 29.3. The van der Waals surface area contributed by atoms with Gasteiger partial charge in [0.15, 0.2) is 17.8 Å². The molecule has 220 valence electrons. The number of methoxy groups -OCH3 is 1. The summed E-state index contributed by atoms with van der Waals surface area (Å²) >= 11 is 0. The van der Waals surface area contributed by atoms with Gasteiger partial charge in [0, 0.05) is 25.3 Å². The summed E-state index contributed by atoms with van der Waals surface area (Å²) in [4.78, 5) is 27.0. The van der Waals surface area contributed by atoms with E-state index in [1.165, 1.54) is 32.2 Å². The molecule has 0 aliphatic carbocycles. The number of hydrogen-bond acceptors (Lipinski definition) is 12. The zero-order valence-electron chi connectivity index (χ0n) is 22.1. The van der Waals surface area contributed by atoms with Gasteiger partial charge < -0.3 is 54.5 Å². The monoisotopic (exact) mass is 565 g/mol. The largest absolute Gasteiger partial charge is 0.504 e. The maximum Gasteiger partial charge on any atom is 0.337 e. The number of ether oxygens (including phenoxy) is 4. The molecule has 9 atom stereocenters. The molecule has 13 nitrogen and oxygen atoms in total. The van der Waals surface area contributed by atoms with Crippen LogP contribution in [0.5, 0.6) is 11.5 Å². The smallest absolute Gasteiger partial charge is 0.337 e. The molecule has 1 aromatic carbocycles. The summed E-state index contributed by atoms with van der Waals surface area (Å²) in [5.74, 6) is -3.06. The number of nitrogens with zero attached hydrogens (tertiary/aromatic N) is 1. The van der Waals surface area contributed by atoms with Crippen LogP contribution >= 0.6 is 0 Å². The molecule has 0 spiro atoms. The normalized spacial score (nSPS) is 33.8. The number of carbonyl (C=O) groups excluding carboxylic acids is 2. The van der Waals surface area contributed by atoms with E-state index in [4.69, 9.17) is 18.9 Å². The average molecular weight is 566 g/mol. The van der Waals surface area contributed by atoms with Crippen molar-refractivity contribution in [1.82, 2.24) is 4.90 Å². The van der Waals surface area contributed by atoms with Crippen molar-refractivity contribution in [2.75, 3.05) is 20.3 Å². The van der Waals surface area contributed by atoms with E-state index in [9.17, 15) is 40.2 Å². The minimum atomic E-state index is -1.69. The topological polar surface area (TPSA) is 196 Å². The third-order valence-electron chi connectivity index (χ3n) is 7.79. The molecule has 1 aromatic rings. The van der Waals surface area contributed by atoms with Crippen molar-refractivity contribution in [2.24, 2.45) is 11.8 Å². The first-order valence-electron chi connectivity index (χ1n) is 12.9. The highest BCUT2D eigenvalue weighted by molar-refractivity contribution is 5.89. The molecular formula is C27H35NO12. The van der Waals surface area contributed by atoms with Crippen LogP contribution in [0.1, 0.15) is 30.5 Å². The van der Waals surface area contributed by atoms with E-state index in [0.717, 1.165) is 11.8 Å². The van der Waals surface area contributed by atoms with Crippen LogP contribution < -0.4 is 0 Å². The molecule has 3 aliphatic heterocycles. The number of aliphatic hydroxyl groups excluding tert-OH is 4. The van der Waals surface area contributed by atoms with Crippen LogP contribution in [0.4, 0.5) is 0 Å². The second kappa shape index (κ2) is 12.1. The van der Waals surface area contributed by atoms with E-state index in [1.54, 1.807) is 4.90 Å². The number of benzene rings is 1. The van der Waals surface area contributed by atoms with Gasteiger partial charge in [-0.25, -0.2) is 4.79 Å². The van der Waals surface area contributed by atoms with Gasteiger partial charge in [0.2, 0.25) is 12.2 Å². The number of phenols is 2. The molecule has 1 fully saturated rings. The van der Waals surface area contributed by atoms with Crippen molar-refractivity contribution >= 4 is 11.9 Å². The van der Waals surface area contributed by atoms with E-state index in [2.05, 4.69) is 6.58 Å². The van der Waals surface area contributed by atoms with Gasteiger partial charge in [-0.15, -0.1) is 6.58 Å². The minimum absolute atomic E-state index is 0.125. The highest BCUT2D eigenvalue weighted by Gasteiger charge is 2.48. The fourth-order valence-electron chi connectivity index (χ4n) is 5.63. The summed E-state index contributed by atoms with van der Waals surface area (Å²) < 4.78 is 22.0. The fraction of sp³-hybridized carbons (Fsp3) is 0.556. The molecule has 13 heteroatoms. The second-order valence-corrected chi connectivity index (χ2v) is 10.1. The number of fused-ring (bicyclic) bond motifs is 1. The summed E-state index contributed by atoms with van der Waals surface area (Å²) in [6, 6.07) is 2.22. The maximum atomic E-state index is 12.8. The summed E-state index contributed by atoms with van der Waals surface area (Å²) in [7, 11) is 1.21. The Bertz CT molecular complexity index is 1150. The third kappa shape index (κ3) is 5.53. The minimum Gasteiger partial charge on any atom is -0.504 e. The van der Waals surface area contributed by atoms with E-state index >= 15 is 0 Å². The molecule has 3 aliphatic rings. The van der Waals surface area contributed by atoms with Gasteiger partial charge in [-0.2, -0.15) is 0 Å². The summed E-state index contributed by atoms with van der Waals surface area (Å²) in [6.45, 7) is 4.96. The van der Waals surface area contributed by atoms with Crippen LogP contribution in [0.3, 0.4) is 0 Å². The van der Waals surface area contributed by atoms with Crippen molar-refractivity contribution in [1.29, 1.82) is 0 Å². The molecule has 0 saturated carbocycles. The van der Waals surface area contributed by atoms with Crippen molar-refractivity contribution in [3.8, 4) is 11.5 Å². The fourth-order valence-corrected chi connectivity index (χ4v) is 5.63. The van der Waals surface area contributed by atoms with E-state index in [-0.39, 0.29) is 29.4 Å². The Balaban J connectivity index is 1.69. The molecule has 0 aromatic heterocycles. The molecule has 0 radical (unpaired) electrons. The molecule has 7 unspecified atom stereocenters. The van der Waals surface area contributed by atoms with E-state index in [0.29, 0.717) is 18.5 Å². The van der Waals surface area contributed by atoms with Crippen molar-refractivity contribution < 1.29 is 59.2 Å². The standard InChI is InChI=1S/C27H35NO12/c1-4-14-16(8-18-15-9-20(32)19(31)7-13(15)5-6-28(18)12(2)30)17(25(36)37-3)11-38-26(14)40-27-24(35)23(34)22(33)21(10-29)39-27/h4,7,9,11,14,16,18,21-24,26-27,29,31-35H,1,5-6,8,10H2,2-3H3/t14?,16?,18-,21?,22?,23?,24?,26+,27?/m1/s1. The lowest BCUT2D eigenvalue weighted by Gasteiger charge is -2.44. The molecular weight excluding hydrogens is 530 g/mol. The highest BCUT2D eigenvalue weighted by atomic mass is 16.8. The van der Waals surface area contributed by atoms with Gasteiger partial charge in [0.05, 0.1) is 31.6 Å². The SMILES string of the molecule is C=CC1C(C[C@@H]2c3cc(O)c(O)cc3CCN2C(C)=O)C(C(=O)OC)=CO[C@H]1OC1OC(CO)C(O)C(O)C1O. The summed E-state index contributed by atoms with van der Waals surface area (Å²) in [5, 5.41) is 60.5. The van der Waals surface area contributed by atoms with Crippen molar-refractivity contribution in [3.05, 3.63) is 47.7 Å². The van der Waals surface area contributed by atoms with Gasteiger partial charge in [0.25, 0.3) is 0 Å². The van der Waals surface area contributed by atoms with Gasteiger partial charge in [0.1, 0.15) is 24.4 Å². The number of aromatic hydroxyl groups is 2. The van der Waals surface area contributed by atoms with Crippen LogP contribution in [0.25, 0.3) is 0 Å². The molecule has 40 heavy (non-hydrogen) atoms.